The maximum atomic E-state index is 5.84. The molecule has 1 heterocycles. The molecular weight excluding hydrogens is 320 g/mol. The lowest BCUT2D eigenvalue weighted by molar-refractivity contribution is 0.0390. The van der Waals surface area contributed by atoms with Gasteiger partial charge in [-0.1, -0.05) is 57.7 Å². The van der Waals surface area contributed by atoms with E-state index in [1.165, 1.54) is 48.1 Å². The van der Waals surface area contributed by atoms with Gasteiger partial charge in [-0.2, -0.15) is 0 Å². The summed E-state index contributed by atoms with van der Waals surface area (Å²) in [7, 11) is 0. The van der Waals surface area contributed by atoms with E-state index in [2.05, 4.69) is 26.0 Å². The van der Waals surface area contributed by atoms with E-state index in [-0.39, 0.29) is 0 Å². The molecule has 1 aromatic rings. The van der Waals surface area contributed by atoms with Crippen molar-refractivity contribution in [1.82, 2.24) is 0 Å². The van der Waals surface area contributed by atoms with Crippen LogP contribution in [0.2, 0.25) is 0 Å². The first-order chi connectivity index (χ1) is 11.8. The summed E-state index contributed by atoms with van der Waals surface area (Å²) >= 11 is 1.76. The van der Waals surface area contributed by atoms with Crippen molar-refractivity contribution >= 4 is 11.8 Å². The third-order valence-electron chi connectivity index (χ3n) is 4.24. The summed E-state index contributed by atoms with van der Waals surface area (Å²) in [6, 6.07) is 4.44. The van der Waals surface area contributed by atoms with Gasteiger partial charge in [0, 0.05) is 6.61 Å². The third-order valence-corrected chi connectivity index (χ3v) is 5.10. The van der Waals surface area contributed by atoms with Crippen molar-refractivity contribution in [1.29, 1.82) is 0 Å². The molecule has 0 bridgehead atoms. The molecule has 0 aromatic heterocycles. The van der Waals surface area contributed by atoms with Crippen LogP contribution in [-0.4, -0.2) is 25.8 Å². The van der Waals surface area contributed by atoms with Crippen LogP contribution in [0.4, 0.5) is 0 Å². The zero-order valence-corrected chi connectivity index (χ0v) is 16.1. The largest absolute Gasteiger partial charge is 0.481 e. The number of ether oxygens (including phenoxy) is 3. The highest BCUT2D eigenvalue weighted by Crippen LogP contribution is 2.38. The number of unbranched alkanes of at least 4 members (excludes halogenated alkanes) is 4. The lowest BCUT2D eigenvalue weighted by Gasteiger charge is -2.12. The van der Waals surface area contributed by atoms with Gasteiger partial charge in [0.25, 0.3) is 0 Å². The minimum Gasteiger partial charge on any atom is -0.481 e. The number of thioether (sulfide) groups is 1. The Balaban J connectivity index is 1.63. The van der Waals surface area contributed by atoms with Crippen molar-refractivity contribution in [3.63, 3.8) is 0 Å². The van der Waals surface area contributed by atoms with Gasteiger partial charge in [0.2, 0.25) is 0 Å². The molecule has 24 heavy (non-hydrogen) atoms. The maximum absolute atomic E-state index is 5.84. The lowest BCUT2D eigenvalue weighted by atomic mass is 10.0. The van der Waals surface area contributed by atoms with Gasteiger partial charge >= 0.3 is 0 Å². The Morgan fingerprint density at radius 2 is 1.75 bits per heavy atom. The van der Waals surface area contributed by atoms with Crippen molar-refractivity contribution in [2.45, 2.75) is 70.3 Å². The van der Waals surface area contributed by atoms with E-state index < -0.39 is 0 Å². The molecule has 0 spiro atoms. The number of fused-ring (bicyclic) bond motifs is 1. The van der Waals surface area contributed by atoms with Crippen LogP contribution in [0.15, 0.2) is 17.0 Å². The second-order valence-electron chi connectivity index (χ2n) is 6.30. The van der Waals surface area contributed by atoms with E-state index in [9.17, 15) is 0 Å². The van der Waals surface area contributed by atoms with Crippen LogP contribution in [0.1, 0.15) is 63.5 Å². The number of rotatable bonds is 13. The second kappa shape index (κ2) is 11.8. The molecule has 0 amide bonds. The topological polar surface area (TPSA) is 27.7 Å². The number of hydrogen-bond donors (Lipinski definition) is 0. The quantitative estimate of drug-likeness (QED) is 0.433. The van der Waals surface area contributed by atoms with E-state index in [0.29, 0.717) is 19.8 Å². The number of hydrogen-bond acceptors (Lipinski definition) is 4. The molecule has 1 aromatic carbocycles. The summed E-state index contributed by atoms with van der Waals surface area (Å²) in [6.45, 7) is 7.35. The first-order valence-corrected chi connectivity index (χ1v) is 10.4. The molecule has 0 saturated heterocycles. The zero-order chi connectivity index (χ0) is 17.0. The molecule has 3 nitrogen and oxygen atoms in total. The Morgan fingerprint density at radius 3 is 2.58 bits per heavy atom. The van der Waals surface area contributed by atoms with Crippen molar-refractivity contribution in [2.24, 2.45) is 0 Å². The molecule has 0 unspecified atom stereocenters. The van der Waals surface area contributed by atoms with Crippen LogP contribution in [0.3, 0.4) is 0 Å². The first-order valence-electron chi connectivity index (χ1n) is 9.42. The molecule has 0 atom stereocenters. The fourth-order valence-corrected chi connectivity index (χ4v) is 3.67. The molecule has 1 aliphatic heterocycles. The molecule has 0 N–H and O–H groups in total. The molecule has 0 radical (unpaired) electrons. The summed E-state index contributed by atoms with van der Waals surface area (Å²) in [5, 5.41) is 0. The maximum Gasteiger partial charge on any atom is 0.138 e. The highest BCUT2D eigenvalue weighted by molar-refractivity contribution is 7.99. The smallest absolute Gasteiger partial charge is 0.138 e. The minimum atomic E-state index is 0.668. The number of benzene rings is 1. The third kappa shape index (κ3) is 6.66. The average molecular weight is 353 g/mol. The van der Waals surface area contributed by atoms with Crippen molar-refractivity contribution in [3.05, 3.63) is 23.3 Å². The molecule has 0 aliphatic carbocycles. The van der Waals surface area contributed by atoms with Crippen molar-refractivity contribution in [2.75, 3.05) is 25.8 Å². The second-order valence-corrected chi connectivity index (χ2v) is 7.27. The molecule has 0 fully saturated rings. The van der Waals surface area contributed by atoms with Crippen LogP contribution >= 0.6 is 11.8 Å². The summed E-state index contributed by atoms with van der Waals surface area (Å²) in [5.41, 5.74) is 2.66. The van der Waals surface area contributed by atoms with Gasteiger partial charge in [-0.05, 0) is 36.1 Å². The monoisotopic (exact) mass is 352 g/mol. The van der Waals surface area contributed by atoms with Crippen molar-refractivity contribution in [3.8, 4) is 5.75 Å². The van der Waals surface area contributed by atoms with E-state index >= 15 is 0 Å². The first kappa shape index (κ1) is 19.6. The molecule has 0 saturated carbocycles. The van der Waals surface area contributed by atoms with Gasteiger partial charge < -0.3 is 14.2 Å². The SMILES string of the molecule is CCCCCCCOCCOCc1cc2c(cc1CCC)OCS2. The Labute approximate surface area is 151 Å². The van der Waals surface area contributed by atoms with E-state index in [4.69, 9.17) is 14.2 Å². The fourth-order valence-electron chi connectivity index (χ4n) is 2.87. The van der Waals surface area contributed by atoms with Gasteiger partial charge in [0.05, 0.1) is 24.7 Å². The van der Waals surface area contributed by atoms with Crippen molar-refractivity contribution < 1.29 is 14.2 Å². The van der Waals surface area contributed by atoms with Crippen LogP contribution in [0.5, 0.6) is 5.75 Å². The summed E-state index contributed by atoms with van der Waals surface area (Å²) < 4.78 is 17.1. The van der Waals surface area contributed by atoms with E-state index in [1.807, 2.05) is 0 Å². The Bertz CT molecular complexity index is 476. The molecule has 136 valence electrons. The Morgan fingerprint density at radius 1 is 0.917 bits per heavy atom. The van der Waals surface area contributed by atoms with Crippen LogP contribution in [0, 0.1) is 0 Å². The molecule has 4 heteroatoms. The number of aryl methyl sites for hydroxylation is 1. The minimum absolute atomic E-state index is 0.668. The highest BCUT2D eigenvalue weighted by Gasteiger charge is 2.16. The van der Waals surface area contributed by atoms with Gasteiger partial charge in [-0.3, -0.25) is 0 Å². The average Bonchev–Trinajstić information content (AvgIpc) is 3.04. The standard InChI is InChI=1S/C20H32O3S/c1-3-5-6-7-8-10-21-11-12-22-15-18-14-20-19(23-16-24-20)13-17(18)9-4-2/h13-14H,3-12,15-16H2,1-2H3. The normalized spacial score (nSPS) is 13.1. The summed E-state index contributed by atoms with van der Waals surface area (Å²) in [5.74, 6) is 1.77. The lowest BCUT2D eigenvalue weighted by Crippen LogP contribution is -2.06. The fraction of sp³-hybridized carbons (Fsp3) is 0.700. The van der Waals surface area contributed by atoms with Crippen LogP contribution in [-0.2, 0) is 22.5 Å². The molecular formula is C20H32O3S. The Kier molecular flexibility index (Phi) is 9.62. The molecule has 1 aliphatic rings. The van der Waals surface area contributed by atoms with Gasteiger partial charge in [-0.15, -0.1) is 0 Å². The summed E-state index contributed by atoms with van der Waals surface area (Å²) in [6.07, 6.45) is 8.63. The van der Waals surface area contributed by atoms with E-state index in [1.54, 1.807) is 11.8 Å². The zero-order valence-electron chi connectivity index (χ0n) is 15.3. The van der Waals surface area contributed by atoms with Crippen LogP contribution in [0.25, 0.3) is 0 Å². The summed E-state index contributed by atoms with van der Waals surface area (Å²) in [4.78, 5) is 1.25. The van der Waals surface area contributed by atoms with Crippen LogP contribution < -0.4 is 4.74 Å². The van der Waals surface area contributed by atoms with Gasteiger partial charge in [-0.25, -0.2) is 0 Å². The van der Waals surface area contributed by atoms with Gasteiger partial charge in [0.1, 0.15) is 11.7 Å². The predicted octanol–water partition coefficient (Wildman–Crippen LogP) is 5.58. The molecule has 2 rings (SSSR count). The predicted molar refractivity (Wildman–Crippen MR) is 101 cm³/mol. The van der Waals surface area contributed by atoms with E-state index in [0.717, 1.165) is 31.1 Å². The Hall–Kier alpha value is -0.710. The highest BCUT2D eigenvalue weighted by atomic mass is 32.2. The van der Waals surface area contributed by atoms with Gasteiger partial charge in [0.15, 0.2) is 0 Å².